The Labute approximate surface area is 230 Å². The van der Waals surface area contributed by atoms with Gasteiger partial charge in [-0.15, -0.1) is 0 Å². The second kappa shape index (κ2) is 9.78. The van der Waals surface area contributed by atoms with E-state index in [1.54, 1.807) is 5.56 Å². The van der Waals surface area contributed by atoms with Crippen molar-refractivity contribution >= 4 is 16.6 Å². The van der Waals surface area contributed by atoms with E-state index in [1.807, 2.05) is 0 Å². The summed E-state index contributed by atoms with van der Waals surface area (Å²) in [5, 5.41) is 10.6. The molecule has 1 N–H and O–H groups in total. The molecule has 5 heteroatoms. The van der Waals surface area contributed by atoms with Gasteiger partial charge >= 0.3 is 0 Å². The molecular formula is C32H56O3Si2. The monoisotopic (exact) mass is 544 g/mol. The summed E-state index contributed by atoms with van der Waals surface area (Å²) < 4.78 is 13.9. The fourth-order valence-electron chi connectivity index (χ4n) is 7.50. The molecule has 0 heterocycles. The van der Waals surface area contributed by atoms with E-state index in [1.165, 1.54) is 31.2 Å². The first kappa shape index (κ1) is 29.4. The molecule has 3 aliphatic carbocycles. The van der Waals surface area contributed by atoms with E-state index in [9.17, 15) is 5.11 Å². The first-order chi connectivity index (χ1) is 16.9. The molecule has 0 aromatic heterocycles. The summed E-state index contributed by atoms with van der Waals surface area (Å²) in [6.45, 7) is 26.4. The summed E-state index contributed by atoms with van der Waals surface area (Å²) in [5.74, 6) is 3.56. The van der Waals surface area contributed by atoms with Gasteiger partial charge in [0.1, 0.15) is 5.75 Å². The molecule has 0 spiro atoms. The second-order valence-corrected chi connectivity index (χ2v) is 25.5. The van der Waals surface area contributed by atoms with Gasteiger partial charge in [0.25, 0.3) is 0 Å². The van der Waals surface area contributed by atoms with E-state index in [2.05, 4.69) is 92.9 Å². The van der Waals surface area contributed by atoms with Gasteiger partial charge in [0, 0.05) is 6.61 Å². The van der Waals surface area contributed by atoms with Crippen LogP contribution in [0.25, 0.3) is 0 Å². The molecule has 2 saturated carbocycles. The SMILES string of the molecule is CC(C)(C)[Si](C)(C)Oc1ccc2c(c1)CC[C@@H]1[C@@H]2[C@@H](CCO)C[C@]2(C)[C@@H](O[Si](C)(C)C(C)(C)C)CC[C@@H]12. The standard InChI is InChI=1S/C32H56O3Si2/c1-30(2,3)36(8,9)34-24-13-15-25-22(20-24)12-14-26-27-16-17-28(35-37(10,11)31(4,5)6)32(27,7)21-23(18-19-33)29(25)26/h13,15,20,23,26-29,33H,12,14,16-19,21H2,1-11H3/t23-,26-,27-,28-,29+,32-/m0/s1. The molecule has 37 heavy (non-hydrogen) atoms. The van der Waals surface area contributed by atoms with Crippen molar-refractivity contribution in [2.75, 3.05) is 6.61 Å². The van der Waals surface area contributed by atoms with Crippen LogP contribution in [0, 0.1) is 23.2 Å². The molecule has 0 saturated heterocycles. The zero-order valence-electron chi connectivity index (χ0n) is 25.8. The minimum Gasteiger partial charge on any atom is -0.543 e. The Kier molecular flexibility index (Phi) is 7.76. The fourth-order valence-corrected chi connectivity index (χ4v) is 9.98. The maximum atomic E-state index is 10.1. The summed E-state index contributed by atoms with van der Waals surface area (Å²) in [5.41, 5.74) is 3.27. The summed E-state index contributed by atoms with van der Waals surface area (Å²) in [6, 6.07) is 7.03. The number of rotatable bonds is 6. The van der Waals surface area contributed by atoms with Crippen molar-refractivity contribution in [1.82, 2.24) is 0 Å². The maximum Gasteiger partial charge on any atom is 0.250 e. The van der Waals surface area contributed by atoms with Crippen LogP contribution in [0.4, 0.5) is 0 Å². The number of fused-ring (bicyclic) bond motifs is 5. The molecule has 0 bridgehead atoms. The molecule has 6 atom stereocenters. The largest absolute Gasteiger partial charge is 0.543 e. The highest BCUT2D eigenvalue weighted by Gasteiger charge is 2.59. The molecular weight excluding hydrogens is 489 g/mol. The van der Waals surface area contributed by atoms with Gasteiger partial charge < -0.3 is 14.0 Å². The Morgan fingerprint density at radius 2 is 1.59 bits per heavy atom. The Hall–Kier alpha value is -0.626. The molecule has 210 valence electrons. The van der Waals surface area contributed by atoms with E-state index < -0.39 is 16.6 Å². The Morgan fingerprint density at radius 3 is 2.19 bits per heavy atom. The molecule has 3 aliphatic rings. The lowest BCUT2D eigenvalue weighted by Crippen LogP contribution is -2.52. The number of aliphatic hydroxyl groups excluding tert-OH is 1. The highest BCUT2D eigenvalue weighted by atomic mass is 28.4. The van der Waals surface area contributed by atoms with Crippen molar-refractivity contribution in [3.8, 4) is 5.75 Å². The lowest BCUT2D eigenvalue weighted by atomic mass is 9.51. The average molecular weight is 545 g/mol. The van der Waals surface area contributed by atoms with Gasteiger partial charge in [0.05, 0.1) is 6.10 Å². The van der Waals surface area contributed by atoms with Crippen molar-refractivity contribution in [1.29, 1.82) is 0 Å². The lowest BCUT2D eigenvalue weighted by molar-refractivity contribution is -0.0472. The summed E-state index contributed by atoms with van der Waals surface area (Å²) in [6.07, 6.45) is 7.35. The van der Waals surface area contributed by atoms with Crippen LogP contribution in [-0.4, -0.2) is 34.5 Å². The number of aryl methyl sites for hydroxylation is 1. The summed E-state index contributed by atoms with van der Waals surface area (Å²) in [7, 11) is -3.70. The van der Waals surface area contributed by atoms with E-state index in [-0.39, 0.29) is 22.1 Å². The first-order valence-corrected chi connectivity index (χ1v) is 20.8. The van der Waals surface area contributed by atoms with Crippen LogP contribution in [0.15, 0.2) is 18.2 Å². The number of hydrogen-bond acceptors (Lipinski definition) is 3. The first-order valence-electron chi connectivity index (χ1n) is 15.0. The molecule has 1 aromatic rings. The molecule has 4 rings (SSSR count). The van der Waals surface area contributed by atoms with Crippen LogP contribution in [0.2, 0.25) is 36.3 Å². The van der Waals surface area contributed by atoms with Gasteiger partial charge in [-0.2, -0.15) is 0 Å². The summed E-state index contributed by atoms with van der Waals surface area (Å²) in [4.78, 5) is 0. The molecule has 3 nitrogen and oxygen atoms in total. The molecule has 1 aromatic carbocycles. The van der Waals surface area contributed by atoms with Crippen LogP contribution in [0.1, 0.15) is 97.6 Å². The zero-order valence-corrected chi connectivity index (χ0v) is 27.8. The van der Waals surface area contributed by atoms with Crippen LogP contribution < -0.4 is 4.43 Å². The molecule has 2 fully saturated rings. The number of benzene rings is 1. The number of aliphatic hydroxyl groups is 1. The van der Waals surface area contributed by atoms with Crippen molar-refractivity contribution in [2.24, 2.45) is 23.2 Å². The molecule has 0 aliphatic heterocycles. The summed E-state index contributed by atoms with van der Waals surface area (Å²) >= 11 is 0. The average Bonchev–Trinajstić information content (AvgIpc) is 3.07. The third-order valence-corrected chi connectivity index (χ3v) is 20.5. The third-order valence-electron chi connectivity index (χ3n) is 11.7. The second-order valence-electron chi connectivity index (χ2n) is 16.0. The fraction of sp³-hybridized carbons (Fsp3) is 0.812. The normalized spacial score (nSPS) is 32.5. The molecule has 0 unspecified atom stereocenters. The Balaban J connectivity index is 1.63. The van der Waals surface area contributed by atoms with Crippen LogP contribution in [-0.2, 0) is 10.8 Å². The Morgan fingerprint density at radius 1 is 0.946 bits per heavy atom. The van der Waals surface area contributed by atoms with Crippen LogP contribution in [0.3, 0.4) is 0 Å². The minimum atomic E-state index is -1.86. The van der Waals surface area contributed by atoms with Gasteiger partial charge in [0.15, 0.2) is 8.32 Å². The predicted octanol–water partition coefficient (Wildman–Crippen LogP) is 8.93. The van der Waals surface area contributed by atoms with Gasteiger partial charge in [-0.05, 0) is 127 Å². The molecule has 0 radical (unpaired) electrons. The lowest BCUT2D eigenvalue weighted by Gasteiger charge is -2.55. The third kappa shape index (κ3) is 5.28. The smallest absolute Gasteiger partial charge is 0.250 e. The van der Waals surface area contributed by atoms with Gasteiger partial charge in [-0.3, -0.25) is 0 Å². The number of hydrogen-bond donors (Lipinski definition) is 1. The van der Waals surface area contributed by atoms with E-state index in [0.717, 1.165) is 24.5 Å². The quantitative estimate of drug-likeness (QED) is 0.363. The topological polar surface area (TPSA) is 38.7 Å². The van der Waals surface area contributed by atoms with Crippen molar-refractivity contribution in [2.45, 2.75) is 135 Å². The Bertz CT molecular complexity index is 973. The van der Waals surface area contributed by atoms with E-state index >= 15 is 0 Å². The van der Waals surface area contributed by atoms with Crippen molar-refractivity contribution in [3.63, 3.8) is 0 Å². The highest BCUT2D eigenvalue weighted by Crippen LogP contribution is 2.64. The van der Waals surface area contributed by atoms with Crippen LogP contribution in [0.5, 0.6) is 5.75 Å². The maximum absolute atomic E-state index is 10.1. The van der Waals surface area contributed by atoms with Gasteiger partial charge in [-0.1, -0.05) is 54.5 Å². The highest BCUT2D eigenvalue weighted by molar-refractivity contribution is 6.75. The minimum absolute atomic E-state index is 0.194. The predicted molar refractivity (Wildman–Crippen MR) is 162 cm³/mol. The van der Waals surface area contributed by atoms with E-state index in [0.29, 0.717) is 23.9 Å². The van der Waals surface area contributed by atoms with Gasteiger partial charge in [-0.25, -0.2) is 0 Å². The van der Waals surface area contributed by atoms with Gasteiger partial charge in [0.2, 0.25) is 8.32 Å². The molecule has 0 amide bonds. The van der Waals surface area contributed by atoms with Crippen molar-refractivity contribution in [3.05, 3.63) is 29.3 Å². The van der Waals surface area contributed by atoms with Crippen LogP contribution >= 0.6 is 0 Å². The zero-order chi connectivity index (χ0) is 27.6. The van der Waals surface area contributed by atoms with E-state index in [4.69, 9.17) is 8.85 Å². The van der Waals surface area contributed by atoms with Crippen molar-refractivity contribution < 1.29 is 14.0 Å².